The fourth-order valence-electron chi connectivity index (χ4n) is 3.36. The van der Waals surface area contributed by atoms with Crippen molar-refractivity contribution in [3.05, 3.63) is 54.1 Å². The number of nitrogens with one attached hydrogen (secondary N) is 1. The summed E-state index contributed by atoms with van der Waals surface area (Å²) in [4.78, 5) is 14.4. The summed E-state index contributed by atoms with van der Waals surface area (Å²) in [6.45, 7) is 3.19. The predicted molar refractivity (Wildman–Crippen MR) is 117 cm³/mol. The van der Waals surface area contributed by atoms with Crippen LogP contribution in [0.5, 0.6) is 17.2 Å². The Morgan fingerprint density at radius 2 is 1.63 bits per heavy atom. The second-order valence-corrected chi connectivity index (χ2v) is 7.67. The van der Waals surface area contributed by atoms with Gasteiger partial charge in [0, 0.05) is 26.1 Å². The maximum atomic E-state index is 12.1. The number of amides is 1. The molecule has 6 nitrogen and oxygen atoms in total. The number of nitrogens with zero attached hydrogens (tertiary/aromatic N) is 1. The standard InChI is InChI=1S/C24H32N2O4/c1-26-15-13-23(14-16-26)30-22-7-5-19(6-8-22)18-25-24(27)4-3-17-29-21-11-9-20(28-2)10-12-21/h5-12,23H,3-4,13-18H2,1-2H3,(H,25,27). The fourth-order valence-corrected chi connectivity index (χ4v) is 3.36. The van der Waals surface area contributed by atoms with E-state index in [1.165, 1.54) is 0 Å². The van der Waals surface area contributed by atoms with Gasteiger partial charge in [-0.25, -0.2) is 0 Å². The Bertz CT molecular complexity index is 769. The highest BCUT2D eigenvalue weighted by Gasteiger charge is 2.17. The fraction of sp³-hybridized carbons (Fsp3) is 0.458. The molecule has 0 saturated carbocycles. The number of rotatable bonds is 10. The summed E-state index contributed by atoms with van der Waals surface area (Å²) in [5.41, 5.74) is 1.06. The average Bonchev–Trinajstić information content (AvgIpc) is 2.78. The zero-order chi connectivity index (χ0) is 21.2. The Kier molecular flexibility index (Phi) is 8.39. The minimum atomic E-state index is 0.0278. The second-order valence-electron chi connectivity index (χ2n) is 7.67. The molecule has 1 aliphatic heterocycles. The lowest BCUT2D eigenvalue weighted by molar-refractivity contribution is -0.121. The van der Waals surface area contributed by atoms with E-state index in [1.807, 2.05) is 48.5 Å². The monoisotopic (exact) mass is 412 g/mol. The van der Waals surface area contributed by atoms with Crippen molar-refractivity contribution in [1.82, 2.24) is 10.2 Å². The van der Waals surface area contributed by atoms with E-state index in [0.717, 1.165) is 48.7 Å². The molecule has 0 bridgehead atoms. The van der Waals surface area contributed by atoms with Gasteiger partial charge < -0.3 is 24.4 Å². The zero-order valence-corrected chi connectivity index (χ0v) is 17.9. The Morgan fingerprint density at radius 1 is 1.00 bits per heavy atom. The molecule has 2 aromatic rings. The molecule has 1 heterocycles. The normalized spacial score (nSPS) is 14.9. The summed E-state index contributed by atoms with van der Waals surface area (Å²) in [5.74, 6) is 2.50. The van der Waals surface area contributed by atoms with Crippen molar-refractivity contribution in [3.63, 3.8) is 0 Å². The molecule has 0 aromatic heterocycles. The molecule has 0 spiro atoms. The van der Waals surface area contributed by atoms with Crippen molar-refractivity contribution in [3.8, 4) is 17.2 Å². The van der Waals surface area contributed by atoms with Crippen LogP contribution in [0.3, 0.4) is 0 Å². The van der Waals surface area contributed by atoms with E-state index in [4.69, 9.17) is 14.2 Å². The van der Waals surface area contributed by atoms with Crippen LogP contribution in [0, 0.1) is 0 Å². The van der Waals surface area contributed by atoms with E-state index in [9.17, 15) is 4.79 Å². The average molecular weight is 413 g/mol. The van der Waals surface area contributed by atoms with E-state index in [1.54, 1.807) is 7.11 Å². The summed E-state index contributed by atoms with van der Waals surface area (Å²) in [6, 6.07) is 15.4. The summed E-state index contributed by atoms with van der Waals surface area (Å²) < 4.78 is 16.8. The van der Waals surface area contributed by atoms with Gasteiger partial charge in [0.25, 0.3) is 0 Å². The van der Waals surface area contributed by atoms with E-state index >= 15 is 0 Å². The Hall–Kier alpha value is -2.73. The Morgan fingerprint density at radius 3 is 2.30 bits per heavy atom. The summed E-state index contributed by atoms with van der Waals surface area (Å²) in [5, 5.41) is 2.96. The van der Waals surface area contributed by atoms with E-state index in [0.29, 0.717) is 32.1 Å². The van der Waals surface area contributed by atoms with Gasteiger partial charge in [0.15, 0.2) is 0 Å². The van der Waals surface area contributed by atoms with Crippen LogP contribution in [-0.4, -0.2) is 50.8 Å². The second kappa shape index (κ2) is 11.5. The first-order valence-electron chi connectivity index (χ1n) is 10.6. The third-order valence-corrected chi connectivity index (χ3v) is 5.26. The first kappa shape index (κ1) is 22.0. The van der Waals surface area contributed by atoms with Crippen LogP contribution in [-0.2, 0) is 11.3 Å². The molecule has 1 amide bonds. The maximum absolute atomic E-state index is 12.1. The van der Waals surface area contributed by atoms with Gasteiger partial charge in [-0.3, -0.25) is 4.79 Å². The first-order chi connectivity index (χ1) is 14.6. The lowest BCUT2D eigenvalue weighted by atomic mass is 10.1. The number of hydrogen-bond acceptors (Lipinski definition) is 5. The Balaban J connectivity index is 1.30. The van der Waals surface area contributed by atoms with Crippen molar-refractivity contribution >= 4 is 5.91 Å². The van der Waals surface area contributed by atoms with Crippen LogP contribution in [0.1, 0.15) is 31.2 Å². The molecule has 0 aliphatic carbocycles. The van der Waals surface area contributed by atoms with Crippen LogP contribution in [0.4, 0.5) is 0 Å². The highest BCUT2D eigenvalue weighted by Crippen LogP contribution is 2.19. The number of carbonyl (C=O) groups excluding carboxylic acids is 1. The molecule has 6 heteroatoms. The number of carbonyl (C=O) groups is 1. The quantitative estimate of drug-likeness (QED) is 0.604. The molecule has 1 fully saturated rings. The van der Waals surface area contributed by atoms with Gasteiger partial charge >= 0.3 is 0 Å². The summed E-state index contributed by atoms with van der Waals surface area (Å²) >= 11 is 0. The number of benzene rings is 2. The minimum absolute atomic E-state index is 0.0278. The lowest BCUT2D eigenvalue weighted by Crippen LogP contribution is -2.35. The van der Waals surface area contributed by atoms with Crippen molar-refractivity contribution < 1.29 is 19.0 Å². The van der Waals surface area contributed by atoms with Crippen LogP contribution in [0.2, 0.25) is 0 Å². The van der Waals surface area contributed by atoms with Gasteiger partial charge in [-0.15, -0.1) is 0 Å². The molecule has 1 aliphatic rings. The molecule has 1 N–H and O–H groups in total. The molecule has 2 aromatic carbocycles. The predicted octanol–water partition coefficient (Wildman–Crippen LogP) is 3.64. The van der Waals surface area contributed by atoms with Gasteiger partial charge in [-0.1, -0.05) is 12.1 Å². The van der Waals surface area contributed by atoms with Crippen molar-refractivity contribution in [2.75, 3.05) is 33.9 Å². The molecular formula is C24H32N2O4. The molecule has 0 unspecified atom stereocenters. The number of ether oxygens (including phenoxy) is 3. The van der Waals surface area contributed by atoms with Gasteiger partial charge in [0.05, 0.1) is 13.7 Å². The third-order valence-electron chi connectivity index (χ3n) is 5.26. The van der Waals surface area contributed by atoms with Gasteiger partial charge in [0.1, 0.15) is 23.4 Å². The molecule has 30 heavy (non-hydrogen) atoms. The number of methoxy groups -OCH3 is 1. The molecule has 0 atom stereocenters. The van der Waals surface area contributed by atoms with E-state index in [-0.39, 0.29) is 5.91 Å². The molecule has 3 rings (SSSR count). The first-order valence-corrected chi connectivity index (χ1v) is 10.6. The highest BCUT2D eigenvalue weighted by atomic mass is 16.5. The SMILES string of the molecule is COc1ccc(OCCCC(=O)NCc2ccc(OC3CCN(C)CC3)cc2)cc1. The van der Waals surface area contributed by atoms with Crippen molar-refractivity contribution in [2.45, 2.75) is 38.3 Å². The molecule has 162 valence electrons. The molecular weight excluding hydrogens is 380 g/mol. The summed E-state index contributed by atoms with van der Waals surface area (Å²) in [7, 11) is 3.78. The van der Waals surface area contributed by atoms with E-state index < -0.39 is 0 Å². The van der Waals surface area contributed by atoms with Crippen LogP contribution < -0.4 is 19.5 Å². The number of piperidine rings is 1. The Labute approximate surface area is 179 Å². The molecule has 0 radical (unpaired) electrons. The minimum Gasteiger partial charge on any atom is -0.497 e. The van der Waals surface area contributed by atoms with Gasteiger partial charge in [0.2, 0.25) is 5.91 Å². The third kappa shape index (κ3) is 7.26. The smallest absolute Gasteiger partial charge is 0.220 e. The maximum Gasteiger partial charge on any atom is 0.220 e. The number of hydrogen-bond donors (Lipinski definition) is 1. The van der Waals surface area contributed by atoms with Crippen LogP contribution in [0.25, 0.3) is 0 Å². The van der Waals surface area contributed by atoms with Gasteiger partial charge in [-0.05, 0) is 68.3 Å². The lowest BCUT2D eigenvalue weighted by Gasteiger charge is -2.29. The highest BCUT2D eigenvalue weighted by molar-refractivity contribution is 5.75. The van der Waals surface area contributed by atoms with Crippen LogP contribution in [0.15, 0.2) is 48.5 Å². The summed E-state index contributed by atoms with van der Waals surface area (Å²) in [6.07, 6.45) is 3.54. The zero-order valence-electron chi connectivity index (χ0n) is 17.9. The largest absolute Gasteiger partial charge is 0.497 e. The molecule has 1 saturated heterocycles. The van der Waals surface area contributed by atoms with Crippen LogP contribution >= 0.6 is 0 Å². The van der Waals surface area contributed by atoms with Gasteiger partial charge in [-0.2, -0.15) is 0 Å². The number of likely N-dealkylation sites (tertiary alicyclic amines) is 1. The van der Waals surface area contributed by atoms with Crippen molar-refractivity contribution in [2.24, 2.45) is 0 Å². The van der Waals surface area contributed by atoms with E-state index in [2.05, 4.69) is 17.3 Å². The topological polar surface area (TPSA) is 60.0 Å². The van der Waals surface area contributed by atoms with Crippen molar-refractivity contribution in [1.29, 1.82) is 0 Å².